The number of hydrogen-bond donors (Lipinski definition) is 1. The zero-order chi connectivity index (χ0) is 14.5. The first kappa shape index (κ1) is 13.8. The lowest BCUT2D eigenvalue weighted by molar-refractivity contribution is 0.600. The summed E-state index contributed by atoms with van der Waals surface area (Å²) in [4.78, 5) is 1.95. The molecule has 1 N–H and O–H groups in total. The molecular weight excluding hydrogens is 292 g/mol. The van der Waals surface area contributed by atoms with Crippen molar-refractivity contribution in [2.45, 2.75) is 31.8 Å². The summed E-state index contributed by atoms with van der Waals surface area (Å²) in [5.41, 5.74) is 2.24. The molecule has 0 aromatic heterocycles. The second kappa shape index (κ2) is 4.70. The molecule has 1 aromatic rings. The number of fused-ring (bicyclic) bond motifs is 1. The van der Waals surface area contributed by atoms with Crippen LogP contribution in [0.5, 0.6) is 0 Å². The molecule has 0 aliphatic carbocycles. The van der Waals surface area contributed by atoms with Crippen molar-refractivity contribution in [1.82, 2.24) is 5.32 Å². The van der Waals surface area contributed by atoms with Gasteiger partial charge >= 0.3 is 0 Å². The van der Waals surface area contributed by atoms with Crippen molar-refractivity contribution in [1.29, 1.82) is 0 Å². The van der Waals surface area contributed by atoms with Crippen LogP contribution in [0.4, 0.5) is 5.69 Å². The standard InChI is InChI=1S/C14H18N2O2S2/c1-9(2)10-3-5-11(6-4-10)16-13-8-20(17,18)7-12(13)15-14(16)19/h3-6,9,12-13H,7-8H2,1-2H3,(H,15,19)/t12-,13+/m1/s1. The number of sulfone groups is 1. The molecule has 2 aliphatic heterocycles. The summed E-state index contributed by atoms with van der Waals surface area (Å²) in [7, 11) is -2.96. The first-order valence-corrected chi connectivity index (χ1v) is 9.00. The van der Waals surface area contributed by atoms with Crippen molar-refractivity contribution in [2.75, 3.05) is 16.4 Å². The van der Waals surface area contributed by atoms with Crippen LogP contribution in [0.15, 0.2) is 24.3 Å². The molecule has 6 heteroatoms. The lowest BCUT2D eigenvalue weighted by Gasteiger charge is -2.23. The van der Waals surface area contributed by atoms with E-state index in [9.17, 15) is 8.42 Å². The third-order valence-corrected chi connectivity index (χ3v) is 6.05. The predicted molar refractivity (Wildman–Crippen MR) is 85.0 cm³/mol. The van der Waals surface area contributed by atoms with Crippen molar-refractivity contribution in [2.24, 2.45) is 0 Å². The Balaban J connectivity index is 1.91. The third kappa shape index (κ3) is 2.31. The van der Waals surface area contributed by atoms with Crippen LogP contribution in [0.3, 0.4) is 0 Å². The molecule has 2 aliphatic rings. The van der Waals surface area contributed by atoms with E-state index >= 15 is 0 Å². The Morgan fingerprint density at radius 3 is 2.50 bits per heavy atom. The van der Waals surface area contributed by atoms with Crippen LogP contribution < -0.4 is 10.2 Å². The summed E-state index contributed by atoms with van der Waals surface area (Å²) >= 11 is 5.36. The minimum Gasteiger partial charge on any atom is -0.356 e. The lowest BCUT2D eigenvalue weighted by atomic mass is 10.0. The van der Waals surface area contributed by atoms with Gasteiger partial charge in [0.1, 0.15) is 0 Å². The predicted octanol–water partition coefficient (Wildman–Crippen LogP) is 1.67. The quantitative estimate of drug-likeness (QED) is 0.842. The highest BCUT2D eigenvalue weighted by Gasteiger charge is 2.47. The molecule has 0 spiro atoms. The van der Waals surface area contributed by atoms with E-state index in [0.717, 1.165) is 5.69 Å². The molecule has 1 aromatic carbocycles. The normalized spacial score (nSPS) is 27.8. The highest BCUT2D eigenvalue weighted by molar-refractivity contribution is 7.91. The number of hydrogen-bond acceptors (Lipinski definition) is 3. The van der Waals surface area contributed by atoms with Gasteiger partial charge in [0, 0.05) is 5.69 Å². The molecule has 0 radical (unpaired) electrons. The Morgan fingerprint density at radius 1 is 1.25 bits per heavy atom. The van der Waals surface area contributed by atoms with Gasteiger partial charge in [-0.1, -0.05) is 26.0 Å². The molecule has 4 nitrogen and oxygen atoms in total. The molecule has 20 heavy (non-hydrogen) atoms. The number of thiocarbonyl (C=S) groups is 1. The summed E-state index contributed by atoms with van der Waals surface area (Å²) in [6.07, 6.45) is 0. The SMILES string of the molecule is CC(C)c1ccc(N2C(=S)N[C@@H]3CS(=O)(=O)C[C@@H]32)cc1. The van der Waals surface area contributed by atoms with Gasteiger partial charge in [-0.15, -0.1) is 0 Å². The van der Waals surface area contributed by atoms with Crippen LogP contribution >= 0.6 is 12.2 Å². The van der Waals surface area contributed by atoms with E-state index in [0.29, 0.717) is 11.0 Å². The van der Waals surface area contributed by atoms with E-state index < -0.39 is 9.84 Å². The third-order valence-electron chi connectivity index (χ3n) is 4.02. The van der Waals surface area contributed by atoms with Crippen LogP contribution in [0, 0.1) is 0 Å². The van der Waals surface area contributed by atoms with Crippen molar-refractivity contribution in [3.05, 3.63) is 29.8 Å². The minimum atomic E-state index is -2.96. The summed E-state index contributed by atoms with van der Waals surface area (Å²) in [6.45, 7) is 4.30. The summed E-state index contributed by atoms with van der Waals surface area (Å²) < 4.78 is 23.5. The average molecular weight is 310 g/mol. The Hall–Kier alpha value is -1.14. The highest BCUT2D eigenvalue weighted by atomic mass is 32.2. The van der Waals surface area contributed by atoms with Crippen LogP contribution in [-0.2, 0) is 9.84 Å². The molecule has 2 fully saturated rings. The summed E-state index contributed by atoms with van der Waals surface area (Å²) in [5, 5.41) is 3.77. The first-order valence-electron chi connectivity index (χ1n) is 6.77. The van der Waals surface area contributed by atoms with Gasteiger partial charge in [-0.25, -0.2) is 8.42 Å². The summed E-state index contributed by atoms with van der Waals surface area (Å²) in [6, 6.07) is 8.07. The Kier molecular flexibility index (Phi) is 3.25. The van der Waals surface area contributed by atoms with Crippen LogP contribution in [0.2, 0.25) is 0 Å². The Bertz CT molecular complexity index is 638. The average Bonchev–Trinajstić information content (AvgIpc) is 2.79. The minimum absolute atomic E-state index is 0.0719. The molecule has 0 bridgehead atoms. The fraction of sp³-hybridized carbons (Fsp3) is 0.500. The monoisotopic (exact) mass is 310 g/mol. The number of anilines is 1. The molecule has 0 amide bonds. The van der Waals surface area contributed by atoms with E-state index in [1.807, 2.05) is 17.0 Å². The Morgan fingerprint density at radius 2 is 1.90 bits per heavy atom. The molecular formula is C14H18N2O2S2. The summed E-state index contributed by atoms with van der Waals surface area (Å²) in [5.74, 6) is 0.835. The molecule has 0 unspecified atom stereocenters. The molecule has 2 heterocycles. The Labute approximate surface area is 125 Å². The fourth-order valence-corrected chi connectivity index (χ4v) is 5.21. The van der Waals surface area contributed by atoms with Gasteiger partial charge in [0.15, 0.2) is 14.9 Å². The van der Waals surface area contributed by atoms with E-state index in [1.165, 1.54) is 5.56 Å². The van der Waals surface area contributed by atoms with Crippen LogP contribution in [-0.4, -0.2) is 37.1 Å². The fourth-order valence-electron chi connectivity index (χ4n) is 2.93. The molecule has 0 saturated carbocycles. The van der Waals surface area contributed by atoms with E-state index in [4.69, 9.17) is 12.2 Å². The van der Waals surface area contributed by atoms with Crippen LogP contribution in [0.25, 0.3) is 0 Å². The molecule has 3 rings (SSSR count). The van der Waals surface area contributed by atoms with Gasteiger partial charge in [0.05, 0.1) is 23.6 Å². The zero-order valence-corrected chi connectivity index (χ0v) is 13.2. The largest absolute Gasteiger partial charge is 0.356 e. The highest BCUT2D eigenvalue weighted by Crippen LogP contribution is 2.30. The maximum Gasteiger partial charge on any atom is 0.174 e. The maximum atomic E-state index is 11.8. The van der Waals surface area contributed by atoms with E-state index in [1.54, 1.807) is 0 Å². The van der Waals surface area contributed by atoms with Crippen LogP contribution in [0.1, 0.15) is 25.3 Å². The lowest BCUT2D eigenvalue weighted by Crippen LogP contribution is -2.36. The van der Waals surface area contributed by atoms with Crippen molar-refractivity contribution < 1.29 is 8.42 Å². The van der Waals surface area contributed by atoms with Gasteiger partial charge in [-0.3, -0.25) is 0 Å². The van der Waals surface area contributed by atoms with Gasteiger partial charge in [-0.05, 0) is 35.8 Å². The van der Waals surface area contributed by atoms with E-state index in [-0.39, 0.29) is 23.6 Å². The second-order valence-electron chi connectivity index (χ2n) is 5.82. The molecule has 2 saturated heterocycles. The number of benzene rings is 1. The first-order chi connectivity index (χ1) is 9.37. The second-order valence-corrected chi connectivity index (χ2v) is 8.36. The maximum absolute atomic E-state index is 11.8. The number of nitrogens with zero attached hydrogens (tertiary/aromatic N) is 1. The number of rotatable bonds is 2. The van der Waals surface area contributed by atoms with Crippen molar-refractivity contribution in [3.8, 4) is 0 Å². The van der Waals surface area contributed by atoms with E-state index in [2.05, 4.69) is 31.3 Å². The van der Waals surface area contributed by atoms with Crippen molar-refractivity contribution in [3.63, 3.8) is 0 Å². The topological polar surface area (TPSA) is 49.4 Å². The van der Waals surface area contributed by atoms with Gasteiger partial charge in [-0.2, -0.15) is 0 Å². The van der Waals surface area contributed by atoms with Gasteiger partial charge in [0.2, 0.25) is 0 Å². The molecule has 2 atom stereocenters. The zero-order valence-electron chi connectivity index (χ0n) is 11.5. The van der Waals surface area contributed by atoms with Crippen molar-refractivity contribution >= 4 is 32.9 Å². The number of nitrogens with one attached hydrogen (secondary N) is 1. The molecule has 108 valence electrons. The van der Waals surface area contributed by atoms with Gasteiger partial charge < -0.3 is 10.2 Å². The smallest absolute Gasteiger partial charge is 0.174 e. The van der Waals surface area contributed by atoms with Gasteiger partial charge in [0.25, 0.3) is 0 Å².